The molecule has 0 aromatic heterocycles. The molecule has 0 spiro atoms. The van der Waals surface area contributed by atoms with E-state index in [2.05, 4.69) is 4.74 Å². The van der Waals surface area contributed by atoms with Crippen molar-refractivity contribution < 1.29 is 28.9 Å². The number of unbranched alkanes of at least 4 members (excludes halogenated alkanes) is 1. The number of nitro benzene ring substituents is 2. The SMILES string of the molecule is COC(=O)CCCC[C@@H](CCOc1ccc([N+](=O)[O-])cc1)Oc1ccc([N+](=O)[O-])cc1. The molecule has 2 aromatic carbocycles. The average Bonchev–Trinajstić information content (AvgIpc) is 2.77. The molecule has 2 rings (SSSR count). The van der Waals surface area contributed by atoms with Gasteiger partial charge in [-0.1, -0.05) is 0 Å². The summed E-state index contributed by atoms with van der Waals surface area (Å²) in [6.07, 6.45) is 2.63. The lowest BCUT2D eigenvalue weighted by Gasteiger charge is -2.19. The second-order valence-corrected chi connectivity index (χ2v) is 6.70. The zero-order valence-electron chi connectivity index (χ0n) is 17.1. The van der Waals surface area contributed by atoms with Crippen LogP contribution in [0.3, 0.4) is 0 Å². The summed E-state index contributed by atoms with van der Waals surface area (Å²) < 4.78 is 16.3. The molecule has 10 heteroatoms. The van der Waals surface area contributed by atoms with E-state index >= 15 is 0 Å². The Balaban J connectivity index is 1.91. The van der Waals surface area contributed by atoms with Crippen molar-refractivity contribution in [1.29, 1.82) is 0 Å². The van der Waals surface area contributed by atoms with Gasteiger partial charge in [0.05, 0.1) is 23.6 Å². The van der Waals surface area contributed by atoms with E-state index in [1.165, 1.54) is 55.6 Å². The van der Waals surface area contributed by atoms with Gasteiger partial charge in [-0.15, -0.1) is 0 Å². The van der Waals surface area contributed by atoms with Crippen molar-refractivity contribution in [2.24, 2.45) is 0 Å². The number of nitrogens with zero attached hydrogens (tertiary/aromatic N) is 2. The van der Waals surface area contributed by atoms with E-state index in [9.17, 15) is 25.0 Å². The van der Waals surface area contributed by atoms with E-state index in [1.54, 1.807) is 0 Å². The third-order valence-corrected chi connectivity index (χ3v) is 4.49. The number of ether oxygens (including phenoxy) is 3. The van der Waals surface area contributed by atoms with Gasteiger partial charge in [0, 0.05) is 37.1 Å². The van der Waals surface area contributed by atoms with Crippen LogP contribution in [0.25, 0.3) is 0 Å². The third-order valence-electron chi connectivity index (χ3n) is 4.49. The van der Waals surface area contributed by atoms with Gasteiger partial charge >= 0.3 is 5.97 Å². The minimum absolute atomic E-state index is 0.0164. The second-order valence-electron chi connectivity index (χ2n) is 6.70. The van der Waals surface area contributed by atoms with Gasteiger partial charge in [-0.05, 0) is 43.5 Å². The van der Waals surface area contributed by atoms with Crippen LogP contribution < -0.4 is 9.47 Å². The Morgan fingerprint density at radius 3 is 1.94 bits per heavy atom. The summed E-state index contributed by atoms with van der Waals surface area (Å²) in [5, 5.41) is 21.5. The second kappa shape index (κ2) is 12.1. The predicted molar refractivity (Wildman–Crippen MR) is 111 cm³/mol. The number of nitro groups is 2. The number of esters is 1. The summed E-state index contributed by atoms with van der Waals surface area (Å²) in [6.45, 7) is 0.312. The summed E-state index contributed by atoms with van der Waals surface area (Å²) in [6, 6.07) is 11.6. The maximum absolute atomic E-state index is 11.3. The number of benzene rings is 2. The lowest BCUT2D eigenvalue weighted by molar-refractivity contribution is -0.385. The highest BCUT2D eigenvalue weighted by molar-refractivity contribution is 5.68. The van der Waals surface area contributed by atoms with Gasteiger partial charge < -0.3 is 14.2 Å². The molecule has 1 atom stereocenters. The van der Waals surface area contributed by atoms with E-state index < -0.39 is 9.85 Å². The highest BCUT2D eigenvalue weighted by Crippen LogP contribution is 2.22. The Hall–Kier alpha value is -3.69. The molecule has 0 saturated carbocycles. The summed E-state index contributed by atoms with van der Waals surface area (Å²) in [5.74, 6) is 0.735. The van der Waals surface area contributed by atoms with Crippen LogP contribution in [0.1, 0.15) is 32.1 Å². The Morgan fingerprint density at radius 1 is 0.871 bits per heavy atom. The van der Waals surface area contributed by atoms with E-state index in [-0.39, 0.29) is 23.4 Å². The summed E-state index contributed by atoms with van der Waals surface area (Å²) in [5.41, 5.74) is -0.0409. The molecule has 10 nitrogen and oxygen atoms in total. The van der Waals surface area contributed by atoms with Crippen LogP contribution in [0, 0.1) is 20.2 Å². The fraction of sp³-hybridized carbons (Fsp3) is 0.381. The molecule has 0 aliphatic heterocycles. The third kappa shape index (κ3) is 8.29. The van der Waals surface area contributed by atoms with Crippen LogP contribution in [0.5, 0.6) is 11.5 Å². The molecule has 0 aliphatic carbocycles. The maximum Gasteiger partial charge on any atom is 0.305 e. The smallest absolute Gasteiger partial charge is 0.305 e. The van der Waals surface area contributed by atoms with Crippen molar-refractivity contribution in [2.45, 2.75) is 38.2 Å². The number of hydrogen-bond donors (Lipinski definition) is 0. The molecule has 0 aliphatic rings. The largest absolute Gasteiger partial charge is 0.493 e. The van der Waals surface area contributed by atoms with Crippen molar-refractivity contribution >= 4 is 17.3 Å². The number of hydrogen-bond acceptors (Lipinski definition) is 8. The standard InChI is InChI=1S/C21H24N2O8/c1-29-21(24)5-3-2-4-19(31-20-12-8-17(9-13-20)23(27)28)14-15-30-18-10-6-16(7-11-18)22(25)26/h6-13,19H,2-5,14-15H2,1H3/t19-/m0/s1. The molecule has 0 amide bonds. The van der Waals surface area contributed by atoms with Gasteiger partial charge in [-0.25, -0.2) is 0 Å². The highest BCUT2D eigenvalue weighted by atomic mass is 16.6. The van der Waals surface area contributed by atoms with Gasteiger partial charge in [0.25, 0.3) is 11.4 Å². The van der Waals surface area contributed by atoms with E-state index in [0.29, 0.717) is 43.8 Å². The number of methoxy groups -OCH3 is 1. The molecule has 0 unspecified atom stereocenters. The topological polar surface area (TPSA) is 131 Å². The normalized spacial score (nSPS) is 11.4. The van der Waals surface area contributed by atoms with Gasteiger partial charge in [0.2, 0.25) is 0 Å². The Bertz CT molecular complexity index is 868. The zero-order chi connectivity index (χ0) is 22.6. The van der Waals surface area contributed by atoms with E-state index in [4.69, 9.17) is 9.47 Å². The molecule has 0 N–H and O–H groups in total. The number of carbonyl (C=O) groups excluding carboxylic acids is 1. The van der Waals surface area contributed by atoms with E-state index in [0.717, 1.165) is 6.42 Å². The van der Waals surface area contributed by atoms with Crippen LogP contribution in [0.15, 0.2) is 48.5 Å². The predicted octanol–water partition coefficient (Wildman–Crippen LogP) is 4.45. The number of rotatable bonds is 13. The van der Waals surface area contributed by atoms with E-state index in [1.807, 2.05) is 0 Å². The molecule has 166 valence electrons. The lowest BCUT2D eigenvalue weighted by atomic mass is 10.1. The first kappa shape index (κ1) is 23.6. The van der Waals surface area contributed by atoms with Crippen LogP contribution >= 0.6 is 0 Å². The minimum Gasteiger partial charge on any atom is -0.493 e. The fourth-order valence-corrected chi connectivity index (χ4v) is 2.82. The van der Waals surface area contributed by atoms with Crippen molar-refractivity contribution in [3.63, 3.8) is 0 Å². The average molecular weight is 432 g/mol. The van der Waals surface area contributed by atoms with Gasteiger partial charge in [0.15, 0.2) is 0 Å². The van der Waals surface area contributed by atoms with Gasteiger partial charge in [0.1, 0.15) is 17.6 Å². The zero-order valence-corrected chi connectivity index (χ0v) is 17.1. The van der Waals surface area contributed by atoms with Gasteiger partial charge in [-0.2, -0.15) is 0 Å². The molecule has 0 saturated heterocycles. The molecule has 0 fully saturated rings. The minimum atomic E-state index is -0.480. The van der Waals surface area contributed by atoms with Crippen LogP contribution in [0.2, 0.25) is 0 Å². The van der Waals surface area contributed by atoms with Crippen LogP contribution in [-0.4, -0.2) is 35.6 Å². The maximum atomic E-state index is 11.3. The number of non-ortho nitro benzene ring substituents is 2. The molecule has 2 aromatic rings. The Kier molecular flexibility index (Phi) is 9.21. The first-order valence-corrected chi connectivity index (χ1v) is 9.74. The Labute approximate surface area is 179 Å². The highest BCUT2D eigenvalue weighted by Gasteiger charge is 2.14. The number of carbonyl (C=O) groups is 1. The van der Waals surface area contributed by atoms with Crippen LogP contribution in [-0.2, 0) is 9.53 Å². The first-order valence-electron chi connectivity index (χ1n) is 9.74. The molecule has 31 heavy (non-hydrogen) atoms. The molecule has 0 heterocycles. The lowest BCUT2D eigenvalue weighted by Crippen LogP contribution is -2.20. The summed E-state index contributed by atoms with van der Waals surface area (Å²) in [7, 11) is 1.35. The monoisotopic (exact) mass is 432 g/mol. The molecular formula is C21H24N2O8. The van der Waals surface area contributed by atoms with Crippen LogP contribution in [0.4, 0.5) is 11.4 Å². The van der Waals surface area contributed by atoms with Crippen molar-refractivity contribution in [1.82, 2.24) is 0 Å². The fourth-order valence-electron chi connectivity index (χ4n) is 2.82. The molecular weight excluding hydrogens is 408 g/mol. The van der Waals surface area contributed by atoms with Crippen molar-refractivity contribution in [3.05, 3.63) is 68.8 Å². The van der Waals surface area contributed by atoms with Gasteiger partial charge in [-0.3, -0.25) is 25.0 Å². The van der Waals surface area contributed by atoms with Crippen molar-refractivity contribution in [3.8, 4) is 11.5 Å². The molecule has 0 radical (unpaired) electrons. The first-order chi connectivity index (χ1) is 14.9. The summed E-state index contributed by atoms with van der Waals surface area (Å²) in [4.78, 5) is 31.8. The molecule has 0 bridgehead atoms. The van der Waals surface area contributed by atoms with Crippen molar-refractivity contribution in [2.75, 3.05) is 13.7 Å². The Morgan fingerprint density at radius 2 is 1.42 bits per heavy atom. The summed E-state index contributed by atoms with van der Waals surface area (Å²) >= 11 is 0. The quantitative estimate of drug-likeness (QED) is 0.196.